The molecule has 1 aromatic carbocycles. The zero-order valence-corrected chi connectivity index (χ0v) is 9.97. The highest BCUT2D eigenvalue weighted by Gasteiger charge is 2.23. The molecule has 18 heavy (non-hydrogen) atoms. The van der Waals surface area contributed by atoms with Crippen LogP contribution in [0.4, 0.5) is 0 Å². The molecule has 1 amide bonds. The SMILES string of the molecule is O=C(c1ccc2[nH]ncc2c1)N1CCCC(O)C1. The van der Waals surface area contributed by atoms with Gasteiger partial charge in [0.05, 0.1) is 17.8 Å². The molecule has 0 saturated carbocycles. The molecule has 94 valence electrons. The highest BCUT2D eigenvalue weighted by atomic mass is 16.3. The number of hydrogen-bond acceptors (Lipinski definition) is 3. The van der Waals surface area contributed by atoms with E-state index in [9.17, 15) is 9.90 Å². The van der Waals surface area contributed by atoms with Crippen LogP contribution in [0.2, 0.25) is 0 Å². The summed E-state index contributed by atoms with van der Waals surface area (Å²) in [6.45, 7) is 1.15. The summed E-state index contributed by atoms with van der Waals surface area (Å²) >= 11 is 0. The van der Waals surface area contributed by atoms with Crippen molar-refractivity contribution in [1.82, 2.24) is 15.1 Å². The second-order valence-corrected chi connectivity index (χ2v) is 4.72. The molecule has 2 aromatic rings. The average molecular weight is 245 g/mol. The maximum Gasteiger partial charge on any atom is 0.253 e. The standard InChI is InChI=1S/C13H15N3O2/c17-11-2-1-5-16(8-11)13(18)9-3-4-12-10(6-9)7-14-15-12/h3-4,6-7,11,17H,1-2,5,8H2,(H,14,15). The molecule has 1 atom stereocenters. The first-order valence-electron chi connectivity index (χ1n) is 6.14. The normalized spacial score (nSPS) is 20.3. The Kier molecular flexibility index (Phi) is 2.76. The molecule has 1 fully saturated rings. The predicted octanol–water partition coefficient (Wildman–Crippen LogP) is 1.16. The third kappa shape index (κ3) is 1.97. The van der Waals surface area contributed by atoms with Gasteiger partial charge in [-0.1, -0.05) is 0 Å². The Bertz CT molecular complexity index is 578. The molecule has 0 spiro atoms. The van der Waals surface area contributed by atoms with Gasteiger partial charge in [-0.3, -0.25) is 9.89 Å². The van der Waals surface area contributed by atoms with Crippen LogP contribution in [0.5, 0.6) is 0 Å². The molecule has 0 bridgehead atoms. The number of piperidine rings is 1. The van der Waals surface area contributed by atoms with E-state index in [2.05, 4.69) is 10.2 Å². The fourth-order valence-corrected chi connectivity index (χ4v) is 2.40. The first kappa shape index (κ1) is 11.2. The quantitative estimate of drug-likeness (QED) is 0.792. The first-order chi connectivity index (χ1) is 8.74. The van der Waals surface area contributed by atoms with Gasteiger partial charge >= 0.3 is 0 Å². The van der Waals surface area contributed by atoms with Gasteiger partial charge in [-0.15, -0.1) is 0 Å². The summed E-state index contributed by atoms with van der Waals surface area (Å²) in [7, 11) is 0. The minimum absolute atomic E-state index is 0.0168. The van der Waals surface area contributed by atoms with Crippen LogP contribution in [-0.2, 0) is 0 Å². The molecule has 1 saturated heterocycles. The highest BCUT2D eigenvalue weighted by molar-refractivity contribution is 5.97. The van der Waals surface area contributed by atoms with Crippen LogP contribution in [0, 0.1) is 0 Å². The number of benzene rings is 1. The smallest absolute Gasteiger partial charge is 0.253 e. The number of carbonyl (C=O) groups excluding carboxylic acids is 1. The number of nitrogens with one attached hydrogen (secondary N) is 1. The zero-order chi connectivity index (χ0) is 12.5. The van der Waals surface area contributed by atoms with Crippen LogP contribution in [0.25, 0.3) is 10.9 Å². The van der Waals surface area contributed by atoms with Crippen molar-refractivity contribution in [3.8, 4) is 0 Å². The Hall–Kier alpha value is -1.88. The molecule has 5 nitrogen and oxygen atoms in total. The van der Waals surface area contributed by atoms with Gasteiger partial charge in [0.25, 0.3) is 5.91 Å². The number of aliphatic hydroxyl groups excluding tert-OH is 1. The van der Waals surface area contributed by atoms with Gasteiger partial charge in [-0.2, -0.15) is 5.10 Å². The summed E-state index contributed by atoms with van der Waals surface area (Å²) in [4.78, 5) is 14.0. The number of rotatable bonds is 1. The molecule has 5 heteroatoms. The van der Waals surface area contributed by atoms with Crippen molar-refractivity contribution >= 4 is 16.8 Å². The summed E-state index contributed by atoms with van der Waals surface area (Å²) in [6, 6.07) is 5.49. The van der Waals surface area contributed by atoms with Crippen molar-refractivity contribution in [3.63, 3.8) is 0 Å². The molecular formula is C13H15N3O2. The van der Waals surface area contributed by atoms with Gasteiger partial charge in [0.1, 0.15) is 0 Å². The van der Waals surface area contributed by atoms with Gasteiger partial charge in [-0.25, -0.2) is 0 Å². The second-order valence-electron chi connectivity index (χ2n) is 4.72. The number of amides is 1. The summed E-state index contributed by atoms with van der Waals surface area (Å²) in [5.74, 6) is -0.0168. The number of aromatic amines is 1. The average Bonchev–Trinajstić information content (AvgIpc) is 2.85. The monoisotopic (exact) mass is 245 g/mol. The number of hydrogen-bond donors (Lipinski definition) is 2. The van der Waals surface area contributed by atoms with Gasteiger partial charge in [0.2, 0.25) is 0 Å². The molecule has 0 radical (unpaired) electrons. The van der Waals surface area contributed by atoms with Gasteiger partial charge in [0.15, 0.2) is 0 Å². The molecule has 1 aromatic heterocycles. The number of aromatic nitrogens is 2. The third-order valence-electron chi connectivity index (χ3n) is 3.37. The lowest BCUT2D eigenvalue weighted by molar-refractivity contribution is 0.0474. The molecule has 0 aliphatic carbocycles. The van der Waals surface area contributed by atoms with Crippen LogP contribution in [0.3, 0.4) is 0 Å². The van der Waals surface area contributed by atoms with Crippen molar-refractivity contribution in [2.75, 3.05) is 13.1 Å². The van der Waals surface area contributed by atoms with Crippen molar-refractivity contribution in [2.45, 2.75) is 18.9 Å². The summed E-state index contributed by atoms with van der Waals surface area (Å²) in [6.07, 6.45) is 2.96. The van der Waals surface area contributed by atoms with Crippen LogP contribution >= 0.6 is 0 Å². The maximum atomic E-state index is 12.3. The van der Waals surface area contributed by atoms with Crippen LogP contribution in [-0.4, -0.2) is 45.3 Å². The molecule has 2 heterocycles. The largest absolute Gasteiger partial charge is 0.391 e. The van der Waals surface area contributed by atoms with Crippen molar-refractivity contribution in [3.05, 3.63) is 30.0 Å². The first-order valence-corrected chi connectivity index (χ1v) is 6.14. The van der Waals surface area contributed by atoms with E-state index in [4.69, 9.17) is 0 Å². The minimum atomic E-state index is -0.389. The van der Waals surface area contributed by atoms with E-state index in [0.29, 0.717) is 12.1 Å². The lowest BCUT2D eigenvalue weighted by atomic mass is 10.1. The molecule has 3 rings (SSSR count). The second kappa shape index (κ2) is 4.42. The molecule has 1 aliphatic heterocycles. The summed E-state index contributed by atoms with van der Waals surface area (Å²) in [5, 5.41) is 17.3. The number of carbonyl (C=O) groups is 1. The predicted molar refractivity (Wildman–Crippen MR) is 67.2 cm³/mol. The number of H-pyrrole nitrogens is 1. The fourth-order valence-electron chi connectivity index (χ4n) is 2.40. The minimum Gasteiger partial charge on any atom is -0.391 e. The van der Waals surface area contributed by atoms with Crippen LogP contribution in [0.15, 0.2) is 24.4 Å². The Balaban J connectivity index is 1.86. The Labute approximate surface area is 104 Å². The van der Waals surface area contributed by atoms with Gasteiger partial charge in [0, 0.05) is 24.0 Å². The lowest BCUT2D eigenvalue weighted by Crippen LogP contribution is -2.42. The lowest BCUT2D eigenvalue weighted by Gasteiger charge is -2.30. The van der Waals surface area contributed by atoms with E-state index >= 15 is 0 Å². The number of aliphatic hydroxyl groups is 1. The van der Waals surface area contributed by atoms with Crippen molar-refractivity contribution < 1.29 is 9.90 Å². The maximum absolute atomic E-state index is 12.3. The number of likely N-dealkylation sites (tertiary alicyclic amines) is 1. The molecule has 1 unspecified atom stereocenters. The topological polar surface area (TPSA) is 69.2 Å². The number of fused-ring (bicyclic) bond motifs is 1. The van der Waals surface area contributed by atoms with Crippen LogP contribution in [0.1, 0.15) is 23.2 Å². The van der Waals surface area contributed by atoms with Crippen LogP contribution < -0.4 is 0 Å². The van der Waals surface area contributed by atoms with Crippen molar-refractivity contribution in [2.24, 2.45) is 0 Å². The van der Waals surface area contributed by atoms with Crippen molar-refractivity contribution in [1.29, 1.82) is 0 Å². The summed E-state index contributed by atoms with van der Waals surface area (Å²) < 4.78 is 0. The molecule has 1 aliphatic rings. The van der Waals surface area contributed by atoms with Gasteiger partial charge < -0.3 is 10.0 Å². The van der Waals surface area contributed by atoms with E-state index in [1.807, 2.05) is 12.1 Å². The molecular weight excluding hydrogens is 230 g/mol. The van der Waals surface area contributed by atoms with Gasteiger partial charge in [-0.05, 0) is 31.0 Å². The highest BCUT2D eigenvalue weighted by Crippen LogP contribution is 2.17. The third-order valence-corrected chi connectivity index (χ3v) is 3.37. The number of nitrogens with zero attached hydrogens (tertiary/aromatic N) is 2. The fraction of sp³-hybridized carbons (Fsp3) is 0.385. The number of β-amino-alcohol motifs (C(OH)–C–C–N with tert-alkyl or cyclic N) is 1. The van der Waals surface area contributed by atoms with E-state index < -0.39 is 0 Å². The summed E-state index contributed by atoms with van der Waals surface area (Å²) in [5.41, 5.74) is 1.57. The molecule has 2 N–H and O–H groups in total. The zero-order valence-electron chi connectivity index (χ0n) is 9.97. The Morgan fingerprint density at radius 1 is 1.50 bits per heavy atom. The van der Waals surface area contributed by atoms with E-state index in [1.165, 1.54) is 0 Å². The Morgan fingerprint density at radius 3 is 3.22 bits per heavy atom. The van der Waals surface area contributed by atoms with E-state index in [0.717, 1.165) is 30.3 Å². The van der Waals surface area contributed by atoms with E-state index in [-0.39, 0.29) is 12.0 Å². The Morgan fingerprint density at radius 2 is 2.39 bits per heavy atom. The van der Waals surface area contributed by atoms with E-state index in [1.54, 1.807) is 17.2 Å².